The average Bonchev–Trinajstić information content (AvgIpc) is 2.46. The summed E-state index contributed by atoms with van der Waals surface area (Å²) in [6.07, 6.45) is 4.19. The van der Waals surface area contributed by atoms with Gasteiger partial charge in [0.1, 0.15) is 0 Å². The number of benzene rings is 1. The Hall–Kier alpha value is -1.40. The van der Waals surface area contributed by atoms with E-state index < -0.39 is 16.1 Å². The molecule has 0 heterocycles. The first-order valence-electron chi connectivity index (χ1n) is 7.36. The lowest BCUT2D eigenvalue weighted by molar-refractivity contribution is -0.122. The molecule has 0 saturated heterocycles. The Kier molecular flexibility index (Phi) is 5.00. The fourth-order valence-corrected chi connectivity index (χ4v) is 3.81. The molecule has 2 N–H and O–H groups in total. The zero-order valence-electron chi connectivity index (χ0n) is 12.5. The Morgan fingerprint density at radius 1 is 1.24 bits per heavy atom. The first-order valence-corrected chi connectivity index (χ1v) is 8.84. The molecule has 0 unspecified atom stereocenters. The predicted molar refractivity (Wildman–Crippen MR) is 81.6 cm³/mol. The van der Waals surface area contributed by atoms with Crippen molar-refractivity contribution >= 4 is 15.9 Å². The zero-order chi connectivity index (χ0) is 15.5. The summed E-state index contributed by atoms with van der Waals surface area (Å²) >= 11 is 0. The number of sulfonamides is 1. The lowest BCUT2D eigenvalue weighted by Crippen LogP contribution is -2.44. The summed E-state index contributed by atoms with van der Waals surface area (Å²) in [7, 11) is -3.67. The van der Waals surface area contributed by atoms with Crippen molar-refractivity contribution in [1.82, 2.24) is 10.0 Å². The van der Waals surface area contributed by atoms with Gasteiger partial charge in [0.25, 0.3) is 0 Å². The van der Waals surface area contributed by atoms with Crippen molar-refractivity contribution in [3.63, 3.8) is 0 Å². The fourth-order valence-electron chi connectivity index (χ4n) is 2.56. The molecule has 1 aliphatic carbocycles. The van der Waals surface area contributed by atoms with Crippen molar-refractivity contribution in [2.75, 3.05) is 6.54 Å². The second-order valence-corrected chi connectivity index (χ2v) is 7.09. The van der Waals surface area contributed by atoms with Crippen LogP contribution in [0.15, 0.2) is 23.1 Å². The first-order chi connectivity index (χ1) is 9.94. The highest BCUT2D eigenvalue weighted by atomic mass is 32.2. The second-order valence-electron chi connectivity index (χ2n) is 5.38. The average molecular weight is 310 g/mol. The van der Waals surface area contributed by atoms with Gasteiger partial charge in [0.15, 0.2) is 0 Å². The van der Waals surface area contributed by atoms with Gasteiger partial charge >= 0.3 is 0 Å². The molecule has 1 aromatic carbocycles. The van der Waals surface area contributed by atoms with Crippen LogP contribution in [0, 0.1) is 0 Å². The van der Waals surface area contributed by atoms with Gasteiger partial charge in [-0.1, -0.05) is 6.07 Å². The number of aryl methyl sites for hydroxylation is 2. The van der Waals surface area contributed by atoms with Crippen molar-refractivity contribution < 1.29 is 13.2 Å². The van der Waals surface area contributed by atoms with E-state index in [1.807, 2.05) is 6.07 Å². The van der Waals surface area contributed by atoms with Gasteiger partial charge < -0.3 is 5.32 Å². The summed E-state index contributed by atoms with van der Waals surface area (Å²) in [4.78, 5) is 11.9. The van der Waals surface area contributed by atoms with E-state index in [0.29, 0.717) is 6.54 Å². The van der Waals surface area contributed by atoms with Crippen LogP contribution in [-0.4, -0.2) is 26.9 Å². The van der Waals surface area contributed by atoms with Crippen LogP contribution >= 0.6 is 0 Å². The lowest BCUT2D eigenvalue weighted by Gasteiger charge is -2.18. The number of amides is 1. The summed E-state index contributed by atoms with van der Waals surface area (Å²) in [5, 5.41) is 2.60. The van der Waals surface area contributed by atoms with Gasteiger partial charge in [-0.3, -0.25) is 4.79 Å². The lowest BCUT2D eigenvalue weighted by atomic mass is 9.92. The van der Waals surface area contributed by atoms with Crippen LogP contribution in [0.4, 0.5) is 0 Å². The highest BCUT2D eigenvalue weighted by molar-refractivity contribution is 7.89. The summed E-state index contributed by atoms with van der Waals surface area (Å²) in [5.41, 5.74) is 2.34. The van der Waals surface area contributed by atoms with E-state index in [9.17, 15) is 13.2 Å². The SMILES string of the molecule is CCNC(=O)[C@H](C)NS(=O)(=O)c1ccc2c(c1)CCCC2. The summed E-state index contributed by atoms with van der Waals surface area (Å²) in [6, 6.07) is 4.46. The molecule has 0 aromatic heterocycles. The predicted octanol–water partition coefficient (Wildman–Crippen LogP) is 1.37. The van der Waals surface area contributed by atoms with Crippen LogP contribution in [0.2, 0.25) is 0 Å². The number of carbonyl (C=O) groups excluding carboxylic acids is 1. The van der Waals surface area contributed by atoms with Gasteiger partial charge in [-0.05, 0) is 62.8 Å². The summed E-state index contributed by atoms with van der Waals surface area (Å²) < 4.78 is 27.1. The molecule has 0 spiro atoms. The molecule has 0 fully saturated rings. The van der Waals surface area contributed by atoms with E-state index >= 15 is 0 Å². The van der Waals surface area contributed by atoms with Crippen LogP contribution in [0.25, 0.3) is 0 Å². The molecule has 2 rings (SSSR count). The second kappa shape index (κ2) is 6.58. The molecule has 1 atom stereocenters. The monoisotopic (exact) mass is 310 g/mol. The van der Waals surface area contributed by atoms with Crippen molar-refractivity contribution in [1.29, 1.82) is 0 Å². The van der Waals surface area contributed by atoms with Crippen LogP contribution in [0.5, 0.6) is 0 Å². The molecule has 0 radical (unpaired) electrons. The quantitative estimate of drug-likeness (QED) is 0.862. The number of carbonyl (C=O) groups is 1. The maximum atomic E-state index is 12.3. The summed E-state index contributed by atoms with van der Waals surface area (Å²) in [5.74, 6) is -0.320. The molecule has 116 valence electrons. The third kappa shape index (κ3) is 3.83. The molecule has 6 heteroatoms. The maximum absolute atomic E-state index is 12.3. The highest BCUT2D eigenvalue weighted by Gasteiger charge is 2.22. The topological polar surface area (TPSA) is 75.3 Å². The maximum Gasteiger partial charge on any atom is 0.241 e. The molecule has 1 aliphatic rings. The number of likely N-dealkylation sites (N-methyl/N-ethyl adjacent to an activating group) is 1. The Morgan fingerprint density at radius 3 is 2.57 bits per heavy atom. The minimum Gasteiger partial charge on any atom is -0.355 e. The van der Waals surface area contributed by atoms with E-state index in [2.05, 4.69) is 10.0 Å². The van der Waals surface area contributed by atoms with Crippen molar-refractivity contribution in [3.8, 4) is 0 Å². The number of fused-ring (bicyclic) bond motifs is 1. The molecule has 21 heavy (non-hydrogen) atoms. The number of hydrogen-bond acceptors (Lipinski definition) is 3. The Bertz CT molecular complexity index is 626. The number of nitrogens with one attached hydrogen (secondary N) is 2. The van der Waals surface area contributed by atoms with Gasteiger partial charge in [-0.25, -0.2) is 8.42 Å². The zero-order valence-corrected chi connectivity index (χ0v) is 13.3. The molecule has 0 aliphatic heterocycles. The largest absolute Gasteiger partial charge is 0.355 e. The minimum atomic E-state index is -3.67. The Morgan fingerprint density at radius 2 is 1.90 bits per heavy atom. The van der Waals surface area contributed by atoms with Crippen molar-refractivity contribution in [2.45, 2.75) is 50.5 Å². The molecule has 0 saturated carbocycles. The number of hydrogen-bond donors (Lipinski definition) is 2. The van der Waals surface area contributed by atoms with E-state index in [1.54, 1.807) is 26.0 Å². The van der Waals surface area contributed by atoms with Gasteiger partial charge in [0, 0.05) is 6.54 Å². The van der Waals surface area contributed by atoms with Crippen LogP contribution in [-0.2, 0) is 27.7 Å². The van der Waals surface area contributed by atoms with Crippen LogP contribution in [0.3, 0.4) is 0 Å². The van der Waals surface area contributed by atoms with Crippen molar-refractivity contribution in [3.05, 3.63) is 29.3 Å². The highest BCUT2D eigenvalue weighted by Crippen LogP contribution is 2.24. The normalized spacial score (nSPS) is 16.1. The smallest absolute Gasteiger partial charge is 0.241 e. The van der Waals surface area contributed by atoms with E-state index in [-0.39, 0.29) is 10.8 Å². The molecular formula is C15H22N2O3S. The summed E-state index contributed by atoms with van der Waals surface area (Å²) in [6.45, 7) is 3.81. The molecule has 5 nitrogen and oxygen atoms in total. The van der Waals surface area contributed by atoms with Crippen molar-refractivity contribution in [2.24, 2.45) is 0 Å². The number of rotatable bonds is 5. The molecule has 0 bridgehead atoms. The van der Waals surface area contributed by atoms with E-state index in [4.69, 9.17) is 0 Å². The van der Waals surface area contributed by atoms with Gasteiger partial charge in [0.05, 0.1) is 10.9 Å². The van der Waals surface area contributed by atoms with Crippen LogP contribution in [0.1, 0.15) is 37.8 Å². The van der Waals surface area contributed by atoms with Gasteiger partial charge in [-0.15, -0.1) is 0 Å². The molecule has 1 amide bonds. The third-order valence-electron chi connectivity index (χ3n) is 3.71. The molecule has 1 aromatic rings. The van der Waals surface area contributed by atoms with Gasteiger partial charge in [0.2, 0.25) is 15.9 Å². The standard InChI is InChI=1S/C15H22N2O3S/c1-3-16-15(18)11(2)17-21(19,20)14-9-8-12-6-4-5-7-13(12)10-14/h8-11,17H,3-7H2,1-2H3,(H,16,18)/t11-/m0/s1. The minimum absolute atomic E-state index is 0.235. The Balaban J connectivity index is 2.18. The van der Waals surface area contributed by atoms with Gasteiger partial charge in [-0.2, -0.15) is 4.72 Å². The van der Waals surface area contributed by atoms with E-state index in [1.165, 1.54) is 5.56 Å². The third-order valence-corrected chi connectivity index (χ3v) is 5.24. The Labute approximate surface area is 126 Å². The van der Waals surface area contributed by atoms with E-state index in [0.717, 1.165) is 31.2 Å². The fraction of sp³-hybridized carbons (Fsp3) is 0.533. The molecular weight excluding hydrogens is 288 g/mol. The van der Waals surface area contributed by atoms with Crippen LogP contribution < -0.4 is 10.0 Å². The first kappa shape index (κ1) is 16.0.